The van der Waals surface area contributed by atoms with Crippen LogP contribution in [0.15, 0.2) is 18.2 Å². The number of anilines is 1. The third kappa shape index (κ3) is 3.81. The lowest BCUT2D eigenvalue weighted by Gasteiger charge is -2.18. The molecule has 1 aliphatic carbocycles. The van der Waals surface area contributed by atoms with Crippen LogP contribution in [0.25, 0.3) is 0 Å². The van der Waals surface area contributed by atoms with Crippen molar-refractivity contribution < 1.29 is 19.2 Å². The minimum atomic E-state index is -0.649. The molecule has 0 radical (unpaired) electrons. The number of benzene rings is 1. The molecule has 1 atom stereocenters. The predicted octanol–water partition coefficient (Wildman–Crippen LogP) is 4.47. The van der Waals surface area contributed by atoms with Crippen molar-refractivity contribution in [1.82, 2.24) is 0 Å². The van der Waals surface area contributed by atoms with Gasteiger partial charge in [0.05, 0.1) is 17.6 Å². The molecule has 0 saturated carbocycles. The molecule has 9 heteroatoms. The number of methoxy groups -OCH3 is 1. The summed E-state index contributed by atoms with van der Waals surface area (Å²) < 4.78 is 4.89. The Balaban J connectivity index is 1.96. The summed E-state index contributed by atoms with van der Waals surface area (Å²) in [4.78, 5) is 36.3. The Labute approximate surface area is 164 Å². The van der Waals surface area contributed by atoms with Gasteiger partial charge in [0.15, 0.2) is 0 Å². The fraction of sp³-hybridized carbons (Fsp3) is 0.333. The highest BCUT2D eigenvalue weighted by Crippen LogP contribution is 2.40. The Hall–Kier alpha value is -2.45. The van der Waals surface area contributed by atoms with Gasteiger partial charge < -0.3 is 10.1 Å². The summed E-state index contributed by atoms with van der Waals surface area (Å²) in [6.07, 6.45) is 2.55. The summed E-state index contributed by atoms with van der Waals surface area (Å²) in [5.74, 6) is -0.546. The maximum absolute atomic E-state index is 12.6. The molecule has 1 N–H and O–H groups in total. The smallest absolute Gasteiger partial charge is 0.341 e. The minimum Gasteiger partial charge on any atom is -0.465 e. The van der Waals surface area contributed by atoms with E-state index < -0.39 is 16.8 Å². The van der Waals surface area contributed by atoms with Gasteiger partial charge in [-0.3, -0.25) is 14.9 Å². The van der Waals surface area contributed by atoms with E-state index in [1.807, 2.05) is 0 Å². The Bertz CT molecular complexity index is 940. The zero-order chi connectivity index (χ0) is 19.7. The molecule has 1 amide bonds. The number of halogens is 1. The van der Waals surface area contributed by atoms with Crippen LogP contribution in [0.1, 0.15) is 44.5 Å². The van der Waals surface area contributed by atoms with Gasteiger partial charge in [0, 0.05) is 16.5 Å². The van der Waals surface area contributed by atoms with E-state index in [-0.39, 0.29) is 16.3 Å². The van der Waals surface area contributed by atoms with Gasteiger partial charge in [-0.05, 0) is 42.9 Å². The Morgan fingerprint density at radius 1 is 1.41 bits per heavy atom. The fourth-order valence-corrected chi connectivity index (χ4v) is 4.71. The fourth-order valence-electron chi connectivity index (χ4n) is 3.13. The number of hydrogen-bond acceptors (Lipinski definition) is 6. The lowest BCUT2D eigenvalue weighted by molar-refractivity contribution is -0.384. The van der Waals surface area contributed by atoms with E-state index in [1.165, 1.54) is 30.6 Å². The van der Waals surface area contributed by atoms with Crippen LogP contribution in [0.3, 0.4) is 0 Å². The molecule has 1 aliphatic rings. The van der Waals surface area contributed by atoms with Crippen LogP contribution in [0.4, 0.5) is 10.7 Å². The second-order valence-electron chi connectivity index (χ2n) is 6.42. The quantitative estimate of drug-likeness (QED) is 0.457. The molecule has 0 unspecified atom stereocenters. The van der Waals surface area contributed by atoms with Gasteiger partial charge in [-0.2, -0.15) is 0 Å². The molecule has 0 aliphatic heterocycles. The molecule has 3 rings (SSSR count). The Morgan fingerprint density at radius 3 is 2.81 bits per heavy atom. The lowest BCUT2D eigenvalue weighted by Crippen LogP contribution is -2.16. The number of carbonyl (C=O) groups is 2. The molecule has 0 saturated heterocycles. The van der Waals surface area contributed by atoms with Gasteiger partial charge in [-0.25, -0.2) is 4.79 Å². The topological polar surface area (TPSA) is 98.5 Å². The number of rotatable bonds is 4. The van der Waals surface area contributed by atoms with Crippen molar-refractivity contribution in [2.45, 2.75) is 26.2 Å². The monoisotopic (exact) mass is 408 g/mol. The highest BCUT2D eigenvalue weighted by Gasteiger charge is 2.29. The largest absolute Gasteiger partial charge is 0.465 e. The summed E-state index contributed by atoms with van der Waals surface area (Å²) in [7, 11) is 1.30. The van der Waals surface area contributed by atoms with Crippen molar-refractivity contribution >= 4 is 45.5 Å². The first-order valence-electron chi connectivity index (χ1n) is 8.30. The van der Waals surface area contributed by atoms with Gasteiger partial charge in [-0.15, -0.1) is 11.3 Å². The lowest BCUT2D eigenvalue weighted by atomic mass is 9.88. The number of thiophene rings is 1. The average Bonchev–Trinajstić information content (AvgIpc) is 2.97. The van der Waals surface area contributed by atoms with Gasteiger partial charge in [0.25, 0.3) is 11.6 Å². The molecule has 2 aromatic rings. The summed E-state index contributed by atoms with van der Waals surface area (Å²) in [5, 5.41) is 14.1. The standard InChI is InChI=1S/C18H17ClN2O5S/c1-9-3-5-11-14(7-9)27-17(15(11)18(23)26-2)20-16(22)10-4-6-12(19)13(8-10)21(24)25/h4,6,8-9H,3,5,7H2,1-2H3,(H,20,22)/t9-/m0/s1. The number of nitro benzene ring substituents is 1. The van der Waals surface area contributed by atoms with E-state index >= 15 is 0 Å². The number of carbonyl (C=O) groups excluding carboxylic acids is 2. The third-order valence-electron chi connectivity index (χ3n) is 4.53. The number of amides is 1. The van der Waals surface area contributed by atoms with Gasteiger partial charge in [0.2, 0.25) is 0 Å². The molecule has 0 fully saturated rings. The number of hydrogen-bond donors (Lipinski definition) is 1. The molecular formula is C18H17ClN2O5S. The second kappa shape index (κ2) is 7.66. The van der Waals surface area contributed by atoms with E-state index in [0.29, 0.717) is 16.5 Å². The van der Waals surface area contributed by atoms with Crippen molar-refractivity contribution in [3.63, 3.8) is 0 Å². The summed E-state index contributed by atoms with van der Waals surface area (Å²) >= 11 is 7.14. The first-order valence-corrected chi connectivity index (χ1v) is 9.49. The zero-order valence-corrected chi connectivity index (χ0v) is 16.3. The zero-order valence-electron chi connectivity index (χ0n) is 14.7. The van der Waals surface area contributed by atoms with Crippen molar-refractivity contribution in [2.75, 3.05) is 12.4 Å². The molecule has 142 valence electrons. The van der Waals surface area contributed by atoms with E-state index in [2.05, 4.69) is 12.2 Å². The third-order valence-corrected chi connectivity index (χ3v) is 6.02. The maximum atomic E-state index is 12.6. The molecule has 0 spiro atoms. The number of nitro groups is 1. The molecular weight excluding hydrogens is 392 g/mol. The number of esters is 1. The highest BCUT2D eigenvalue weighted by molar-refractivity contribution is 7.17. The maximum Gasteiger partial charge on any atom is 0.341 e. The molecule has 1 aromatic carbocycles. The number of ether oxygens (including phenoxy) is 1. The number of fused-ring (bicyclic) bond motifs is 1. The van der Waals surface area contributed by atoms with Crippen molar-refractivity contribution in [1.29, 1.82) is 0 Å². The second-order valence-corrected chi connectivity index (χ2v) is 7.94. The van der Waals surface area contributed by atoms with Crippen molar-refractivity contribution in [2.24, 2.45) is 5.92 Å². The van der Waals surface area contributed by atoms with E-state index in [4.69, 9.17) is 16.3 Å². The molecule has 1 aromatic heterocycles. The molecule has 7 nitrogen and oxygen atoms in total. The van der Waals surface area contributed by atoms with Crippen molar-refractivity contribution in [3.05, 3.63) is 54.9 Å². The summed E-state index contributed by atoms with van der Waals surface area (Å²) in [6.45, 7) is 2.14. The first-order chi connectivity index (χ1) is 12.8. The first kappa shape index (κ1) is 19.3. The Kier molecular flexibility index (Phi) is 5.48. The van der Waals surface area contributed by atoms with Gasteiger partial charge >= 0.3 is 5.97 Å². The van der Waals surface area contributed by atoms with Gasteiger partial charge in [0.1, 0.15) is 10.0 Å². The molecule has 27 heavy (non-hydrogen) atoms. The van der Waals surface area contributed by atoms with Crippen LogP contribution >= 0.6 is 22.9 Å². The van der Waals surface area contributed by atoms with Crippen LogP contribution in [0, 0.1) is 16.0 Å². The molecule has 1 heterocycles. The number of nitrogens with zero attached hydrogens (tertiary/aromatic N) is 1. The Morgan fingerprint density at radius 2 is 2.15 bits per heavy atom. The average molecular weight is 409 g/mol. The van der Waals surface area contributed by atoms with Crippen LogP contribution in [0.2, 0.25) is 5.02 Å². The van der Waals surface area contributed by atoms with Crippen molar-refractivity contribution in [3.8, 4) is 0 Å². The minimum absolute atomic E-state index is 0.0487. The molecule has 0 bridgehead atoms. The van der Waals surface area contributed by atoms with Crippen LogP contribution in [-0.4, -0.2) is 23.9 Å². The van der Waals surface area contributed by atoms with Crippen LogP contribution < -0.4 is 5.32 Å². The summed E-state index contributed by atoms with van der Waals surface area (Å²) in [6, 6.07) is 3.82. The van der Waals surface area contributed by atoms with E-state index in [1.54, 1.807) is 0 Å². The predicted molar refractivity (Wildman–Crippen MR) is 103 cm³/mol. The van der Waals surface area contributed by atoms with Crippen LogP contribution in [-0.2, 0) is 17.6 Å². The SMILES string of the molecule is COC(=O)c1c(NC(=O)c2ccc(Cl)c([N+](=O)[O-])c2)sc2c1CC[C@H](C)C2. The number of nitrogens with one attached hydrogen (secondary N) is 1. The van der Waals surface area contributed by atoms with E-state index in [9.17, 15) is 19.7 Å². The highest BCUT2D eigenvalue weighted by atomic mass is 35.5. The van der Waals surface area contributed by atoms with Gasteiger partial charge in [-0.1, -0.05) is 18.5 Å². The summed E-state index contributed by atoms with van der Waals surface area (Å²) in [5.41, 5.74) is 1.03. The van der Waals surface area contributed by atoms with Crippen LogP contribution in [0.5, 0.6) is 0 Å². The normalized spacial score (nSPS) is 15.7. The van der Waals surface area contributed by atoms with E-state index in [0.717, 1.165) is 35.8 Å².